The van der Waals surface area contributed by atoms with E-state index in [4.69, 9.17) is 15.8 Å². The molecular weight excluding hydrogens is 334 g/mol. The average Bonchev–Trinajstić information content (AvgIpc) is 2.42. The summed E-state index contributed by atoms with van der Waals surface area (Å²) >= 11 is 6.18. The second-order valence-corrected chi connectivity index (χ2v) is 6.19. The van der Waals surface area contributed by atoms with Crippen molar-refractivity contribution in [1.29, 1.82) is 0 Å². The standard InChI is InChI=1S/C13H12ClNO6S/c1-6-4-5-8-10(11(6)14)12(21-22(18,19)20-3)9(7(2)16)13(17)15-8/h4-5H,1-3H3,(H,15,17). The molecule has 7 nitrogen and oxygen atoms in total. The molecule has 0 saturated carbocycles. The van der Waals surface area contributed by atoms with Gasteiger partial charge in [0.2, 0.25) is 0 Å². The van der Waals surface area contributed by atoms with Gasteiger partial charge in [0.1, 0.15) is 5.56 Å². The largest absolute Gasteiger partial charge is 0.448 e. The lowest BCUT2D eigenvalue weighted by atomic mass is 10.1. The molecule has 1 aromatic heterocycles. The monoisotopic (exact) mass is 345 g/mol. The first-order valence-electron chi connectivity index (χ1n) is 6.04. The molecule has 0 amide bonds. The lowest BCUT2D eigenvalue weighted by Crippen LogP contribution is -2.21. The first-order chi connectivity index (χ1) is 10.2. The quantitative estimate of drug-likeness (QED) is 0.850. The van der Waals surface area contributed by atoms with Crippen LogP contribution in [0.25, 0.3) is 10.9 Å². The van der Waals surface area contributed by atoms with Crippen molar-refractivity contribution in [2.45, 2.75) is 13.8 Å². The van der Waals surface area contributed by atoms with Crippen LogP contribution in [0.15, 0.2) is 16.9 Å². The van der Waals surface area contributed by atoms with Gasteiger partial charge in [-0.1, -0.05) is 17.7 Å². The summed E-state index contributed by atoms with van der Waals surface area (Å²) in [6.45, 7) is 2.81. The van der Waals surface area contributed by atoms with Crippen LogP contribution < -0.4 is 9.74 Å². The minimum atomic E-state index is -4.43. The van der Waals surface area contributed by atoms with Gasteiger partial charge in [0.25, 0.3) is 5.56 Å². The number of nitrogens with one attached hydrogen (secondary N) is 1. The van der Waals surface area contributed by atoms with Crippen LogP contribution in [0.1, 0.15) is 22.8 Å². The van der Waals surface area contributed by atoms with Crippen molar-refractivity contribution in [3.05, 3.63) is 38.6 Å². The Bertz CT molecular complexity index is 932. The fourth-order valence-electron chi connectivity index (χ4n) is 1.96. The summed E-state index contributed by atoms with van der Waals surface area (Å²) in [5, 5.41) is 0.282. The van der Waals surface area contributed by atoms with Gasteiger partial charge in [-0.25, -0.2) is 4.18 Å². The van der Waals surface area contributed by atoms with E-state index in [0.717, 1.165) is 14.0 Å². The zero-order valence-corrected chi connectivity index (χ0v) is 13.5. The van der Waals surface area contributed by atoms with E-state index in [1.807, 2.05) is 0 Å². The van der Waals surface area contributed by atoms with E-state index in [-0.39, 0.29) is 15.9 Å². The number of H-pyrrole nitrogens is 1. The van der Waals surface area contributed by atoms with Gasteiger partial charge < -0.3 is 9.17 Å². The van der Waals surface area contributed by atoms with Crippen molar-refractivity contribution in [3.63, 3.8) is 0 Å². The molecule has 0 atom stereocenters. The maximum absolute atomic E-state index is 12.0. The molecule has 22 heavy (non-hydrogen) atoms. The van der Waals surface area contributed by atoms with E-state index in [2.05, 4.69) is 9.17 Å². The zero-order valence-electron chi connectivity index (χ0n) is 11.9. The third-order valence-corrected chi connectivity index (χ3v) is 4.27. The minimum Gasteiger partial charge on any atom is -0.360 e. The topological polar surface area (TPSA) is 103 Å². The zero-order chi connectivity index (χ0) is 16.7. The van der Waals surface area contributed by atoms with E-state index >= 15 is 0 Å². The highest BCUT2D eigenvalue weighted by Crippen LogP contribution is 2.35. The van der Waals surface area contributed by atoms with E-state index in [1.54, 1.807) is 13.0 Å². The summed E-state index contributed by atoms with van der Waals surface area (Å²) in [6.07, 6.45) is 0. The third-order valence-electron chi connectivity index (χ3n) is 3.01. The van der Waals surface area contributed by atoms with Crippen molar-refractivity contribution in [3.8, 4) is 5.75 Å². The predicted octanol–water partition coefficient (Wildman–Crippen LogP) is 1.96. The number of rotatable bonds is 4. The van der Waals surface area contributed by atoms with Gasteiger partial charge in [-0.05, 0) is 25.5 Å². The SMILES string of the molecule is COS(=O)(=O)Oc1c(C(C)=O)c(=O)[nH]c2ccc(C)c(Cl)c12. The fourth-order valence-corrected chi connectivity index (χ4v) is 2.65. The van der Waals surface area contributed by atoms with Crippen LogP contribution in [0.5, 0.6) is 5.75 Å². The van der Waals surface area contributed by atoms with Gasteiger partial charge in [0.15, 0.2) is 11.5 Å². The Labute approximate surface area is 131 Å². The van der Waals surface area contributed by atoms with E-state index < -0.39 is 33.1 Å². The number of hydrogen-bond acceptors (Lipinski definition) is 6. The summed E-state index contributed by atoms with van der Waals surface area (Å²) in [5.41, 5.74) is -0.357. The number of carbonyl (C=O) groups excluding carboxylic acids is 1. The summed E-state index contributed by atoms with van der Waals surface area (Å²) in [5.74, 6) is -1.11. The summed E-state index contributed by atoms with van der Waals surface area (Å²) < 4.78 is 32.2. The molecule has 0 spiro atoms. The third kappa shape index (κ3) is 2.85. The fraction of sp³-hybridized carbons (Fsp3) is 0.231. The molecular formula is C13H12ClNO6S. The number of fused-ring (bicyclic) bond motifs is 1. The summed E-state index contributed by atoms with van der Waals surface area (Å²) in [4.78, 5) is 26.2. The molecule has 1 heterocycles. The first-order valence-corrected chi connectivity index (χ1v) is 7.75. The Hall–Kier alpha value is -1.90. The maximum atomic E-state index is 12.0. The second-order valence-electron chi connectivity index (χ2n) is 4.49. The summed E-state index contributed by atoms with van der Waals surface area (Å²) in [7, 11) is -3.54. The van der Waals surface area contributed by atoms with Crippen molar-refractivity contribution in [1.82, 2.24) is 4.98 Å². The number of aromatic nitrogens is 1. The van der Waals surface area contributed by atoms with Crippen molar-refractivity contribution < 1.29 is 21.6 Å². The second kappa shape index (κ2) is 5.71. The van der Waals surface area contributed by atoms with Gasteiger partial charge >= 0.3 is 10.4 Å². The molecule has 9 heteroatoms. The number of aromatic amines is 1. The Balaban J connectivity index is 3.00. The van der Waals surface area contributed by atoms with Crippen molar-refractivity contribution >= 4 is 38.7 Å². The molecule has 2 aromatic rings. The molecule has 2 rings (SSSR count). The van der Waals surface area contributed by atoms with Crippen LogP contribution in [0.2, 0.25) is 5.02 Å². The Morgan fingerprint density at radius 3 is 2.50 bits per heavy atom. The smallest absolute Gasteiger partial charge is 0.360 e. The highest BCUT2D eigenvalue weighted by atomic mass is 35.5. The molecule has 0 fully saturated rings. The van der Waals surface area contributed by atoms with Gasteiger partial charge in [-0.15, -0.1) is 0 Å². The van der Waals surface area contributed by atoms with Gasteiger partial charge in [-0.2, -0.15) is 8.42 Å². The van der Waals surface area contributed by atoms with Crippen molar-refractivity contribution in [2.75, 3.05) is 7.11 Å². The van der Waals surface area contributed by atoms with E-state index in [9.17, 15) is 18.0 Å². The molecule has 1 N–H and O–H groups in total. The lowest BCUT2D eigenvalue weighted by molar-refractivity contribution is 0.101. The van der Waals surface area contributed by atoms with Crippen LogP contribution in [0.4, 0.5) is 0 Å². The first kappa shape index (κ1) is 16.5. The number of benzene rings is 1. The number of halogens is 1. The maximum Gasteiger partial charge on any atom is 0.448 e. The molecule has 0 aliphatic heterocycles. The molecule has 0 radical (unpaired) electrons. The van der Waals surface area contributed by atoms with Crippen LogP contribution >= 0.6 is 11.6 Å². The van der Waals surface area contributed by atoms with Gasteiger partial charge in [-0.3, -0.25) is 9.59 Å². The predicted molar refractivity (Wildman–Crippen MR) is 80.9 cm³/mol. The number of aryl methyl sites for hydroxylation is 1. The number of pyridine rings is 1. The normalized spacial score (nSPS) is 11.6. The average molecular weight is 346 g/mol. The Morgan fingerprint density at radius 2 is 1.95 bits per heavy atom. The molecule has 0 aliphatic rings. The van der Waals surface area contributed by atoms with Crippen LogP contribution in [0.3, 0.4) is 0 Å². The number of ketones is 1. The van der Waals surface area contributed by atoms with Crippen LogP contribution in [-0.4, -0.2) is 26.3 Å². The Kier molecular flexibility index (Phi) is 4.28. The molecule has 118 valence electrons. The molecule has 0 aliphatic carbocycles. The lowest BCUT2D eigenvalue weighted by Gasteiger charge is -2.13. The van der Waals surface area contributed by atoms with Crippen LogP contribution in [0, 0.1) is 6.92 Å². The number of carbonyl (C=O) groups is 1. The molecule has 0 bridgehead atoms. The molecule has 0 saturated heterocycles. The highest BCUT2D eigenvalue weighted by Gasteiger charge is 2.25. The van der Waals surface area contributed by atoms with Gasteiger partial charge in [0, 0.05) is 0 Å². The minimum absolute atomic E-state index is 0.118. The highest BCUT2D eigenvalue weighted by molar-refractivity contribution is 7.82. The number of Topliss-reactive ketones (excluding diaryl/α,β-unsaturated/α-hetero) is 1. The van der Waals surface area contributed by atoms with E-state index in [1.165, 1.54) is 6.07 Å². The Morgan fingerprint density at radius 1 is 1.32 bits per heavy atom. The summed E-state index contributed by atoms with van der Waals surface area (Å²) in [6, 6.07) is 3.18. The molecule has 0 unspecified atom stereocenters. The van der Waals surface area contributed by atoms with Crippen LogP contribution in [-0.2, 0) is 14.6 Å². The van der Waals surface area contributed by atoms with Gasteiger partial charge in [0.05, 0.1) is 23.0 Å². The van der Waals surface area contributed by atoms with Crippen molar-refractivity contribution in [2.24, 2.45) is 0 Å². The molecule has 1 aromatic carbocycles. The number of hydrogen-bond donors (Lipinski definition) is 1. The van der Waals surface area contributed by atoms with E-state index in [0.29, 0.717) is 5.56 Å².